The number of halogens is 2. The van der Waals surface area contributed by atoms with Crippen LogP contribution in [0.15, 0.2) is 48.8 Å². The molecule has 1 aromatic heterocycles. The predicted octanol–water partition coefficient (Wildman–Crippen LogP) is 4.81. The molecule has 1 saturated heterocycles. The molecule has 7 heteroatoms. The lowest BCUT2D eigenvalue weighted by atomic mass is 9.98. The number of carbonyl (C=O) groups excluding carboxylic acids is 1. The van der Waals surface area contributed by atoms with Crippen LogP contribution >= 0.6 is 11.6 Å². The van der Waals surface area contributed by atoms with E-state index in [-0.39, 0.29) is 23.8 Å². The molecule has 5 rings (SSSR count). The third kappa shape index (κ3) is 3.93. The van der Waals surface area contributed by atoms with Gasteiger partial charge >= 0.3 is 0 Å². The lowest BCUT2D eigenvalue weighted by molar-refractivity contribution is -0.132. The number of aromatic nitrogens is 2. The SMILES string of the molecule is CC(c1ccc(Cl)cc1F)n1cnc2ccc(C3=CCN(C(=O)[C@H]4CCCN4)CC3)cc21. The van der Waals surface area contributed by atoms with Crippen LogP contribution in [-0.4, -0.2) is 46.0 Å². The van der Waals surface area contributed by atoms with Crippen LogP contribution in [0, 0.1) is 5.82 Å². The Labute approximate surface area is 191 Å². The molecular weight excluding hydrogens is 427 g/mol. The summed E-state index contributed by atoms with van der Waals surface area (Å²) in [6, 6.07) is 10.7. The molecule has 0 saturated carbocycles. The van der Waals surface area contributed by atoms with Gasteiger partial charge in [-0.1, -0.05) is 29.8 Å². The quantitative estimate of drug-likeness (QED) is 0.618. The van der Waals surface area contributed by atoms with Gasteiger partial charge in [0, 0.05) is 23.7 Å². The van der Waals surface area contributed by atoms with Crippen molar-refractivity contribution in [3.63, 3.8) is 0 Å². The molecule has 1 N–H and O–H groups in total. The van der Waals surface area contributed by atoms with Gasteiger partial charge in [-0.05, 0) is 68.1 Å². The van der Waals surface area contributed by atoms with Gasteiger partial charge in [0.25, 0.3) is 0 Å². The Bertz CT molecular complexity index is 1200. The normalized spacial score (nSPS) is 19.9. The van der Waals surface area contributed by atoms with E-state index in [1.807, 2.05) is 22.5 Å². The second kappa shape index (κ2) is 8.68. The van der Waals surface area contributed by atoms with Gasteiger partial charge in [-0.2, -0.15) is 0 Å². The average molecular weight is 453 g/mol. The lowest BCUT2D eigenvalue weighted by Gasteiger charge is -2.29. The number of nitrogens with one attached hydrogen (secondary N) is 1. The van der Waals surface area contributed by atoms with E-state index in [1.54, 1.807) is 18.5 Å². The number of hydrogen-bond acceptors (Lipinski definition) is 3. The fourth-order valence-corrected chi connectivity index (χ4v) is 4.93. The van der Waals surface area contributed by atoms with Crippen molar-refractivity contribution in [3.05, 3.63) is 70.8 Å². The van der Waals surface area contributed by atoms with Crippen molar-refractivity contribution < 1.29 is 9.18 Å². The molecular formula is C25H26ClFN4O. The van der Waals surface area contributed by atoms with E-state index in [1.165, 1.54) is 11.6 Å². The van der Waals surface area contributed by atoms with Crippen molar-refractivity contribution in [1.29, 1.82) is 0 Å². The maximum Gasteiger partial charge on any atom is 0.239 e. The molecule has 2 aliphatic heterocycles. The summed E-state index contributed by atoms with van der Waals surface area (Å²) in [5.41, 5.74) is 4.75. The highest BCUT2D eigenvalue weighted by molar-refractivity contribution is 6.30. The van der Waals surface area contributed by atoms with Crippen molar-refractivity contribution in [3.8, 4) is 0 Å². The van der Waals surface area contributed by atoms with Crippen LogP contribution < -0.4 is 5.32 Å². The standard InChI is InChI=1S/C25H26ClFN4O/c1-16(20-6-5-19(26)14-21(20)27)31-15-29-22-7-4-18(13-24(22)31)17-8-11-30(12-9-17)25(32)23-3-2-10-28-23/h4-8,13-16,23,28H,2-3,9-12H2,1H3/t16?,23-/m1/s1. The Morgan fingerprint density at radius 3 is 2.88 bits per heavy atom. The molecule has 2 atom stereocenters. The van der Waals surface area contributed by atoms with Crippen molar-refractivity contribution in [2.24, 2.45) is 0 Å². The van der Waals surface area contributed by atoms with Gasteiger partial charge in [-0.3, -0.25) is 4.79 Å². The Hall–Kier alpha value is -2.70. The molecule has 3 aromatic rings. The Morgan fingerprint density at radius 1 is 1.28 bits per heavy atom. The molecule has 5 nitrogen and oxygen atoms in total. The van der Waals surface area contributed by atoms with E-state index in [0.29, 0.717) is 17.1 Å². The minimum Gasteiger partial charge on any atom is -0.337 e. The molecule has 2 aliphatic rings. The van der Waals surface area contributed by atoms with Gasteiger partial charge in [0.15, 0.2) is 0 Å². The minimum atomic E-state index is -0.320. The second-order valence-electron chi connectivity index (χ2n) is 8.61. The van der Waals surface area contributed by atoms with Crippen molar-refractivity contribution in [2.45, 2.75) is 38.3 Å². The van der Waals surface area contributed by atoms with Crippen molar-refractivity contribution >= 4 is 34.1 Å². The van der Waals surface area contributed by atoms with E-state index in [2.05, 4.69) is 28.5 Å². The number of fused-ring (bicyclic) bond motifs is 1. The molecule has 1 fully saturated rings. The van der Waals surface area contributed by atoms with E-state index < -0.39 is 0 Å². The number of benzene rings is 2. The maximum atomic E-state index is 14.5. The largest absolute Gasteiger partial charge is 0.337 e. The molecule has 3 heterocycles. The van der Waals surface area contributed by atoms with Crippen LogP contribution in [0.5, 0.6) is 0 Å². The molecule has 166 valence electrons. The van der Waals surface area contributed by atoms with Gasteiger partial charge in [0.1, 0.15) is 5.82 Å². The summed E-state index contributed by atoms with van der Waals surface area (Å²) in [4.78, 5) is 19.1. The molecule has 0 aliphatic carbocycles. The van der Waals surface area contributed by atoms with Gasteiger partial charge in [-0.15, -0.1) is 0 Å². The van der Waals surface area contributed by atoms with Crippen LogP contribution in [0.4, 0.5) is 4.39 Å². The number of rotatable bonds is 4. The van der Waals surface area contributed by atoms with E-state index >= 15 is 0 Å². The summed E-state index contributed by atoms with van der Waals surface area (Å²) in [7, 11) is 0. The summed E-state index contributed by atoms with van der Waals surface area (Å²) in [5, 5.41) is 3.68. The number of hydrogen-bond donors (Lipinski definition) is 1. The van der Waals surface area contributed by atoms with E-state index in [4.69, 9.17) is 11.6 Å². The zero-order valence-electron chi connectivity index (χ0n) is 18.0. The number of imidazole rings is 1. The zero-order valence-corrected chi connectivity index (χ0v) is 18.8. The van der Waals surface area contributed by atoms with Crippen LogP contribution in [0.25, 0.3) is 16.6 Å². The first kappa shape index (κ1) is 21.2. The Kier molecular flexibility index (Phi) is 5.74. The molecule has 1 unspecified atom stereocenters. The molecule has 0 bridgehead atoms. The minimum absolute atomic E-state index is 0.0228. The predicted molar refractivity (Wildman–Crippen MR) is 125 cm³/mol. The van der Waals surface area contributed by atoms with Gasteiger partial charge < -0.3 is 14.8 Å². The number of carbonyl (C=O) groups is 1. The van der Waals surface area contributed by atoms with Gasteiger partial charge in [-0.25, -0.2) is 9.37 Å². The summed E-state index contributed by atoms with van der Waals surface area (Å²) in [6.45, 7) is 4.25. The highest BCUT2D eigenvalue weighted by Crippen LogP contribution is 2.30. The molecule has 0 radical (unpaired) electrons. The molecule has 32 heavy (non-hydrogen) atoms. The Balaban J connectivity index is 1.40. The number of nitrogens with zero attached hydrogens (tertiary/aromatic N) is 3. The topological polar surface area (TPSA) is 50.2 Å². The monoisotopic (exact) mass is 452 g/mol. The summed E-state index contributed by atoms with van der Waals surface area (Å²) >= 11 is 5.92. The summed E-state index contributed by atoms with van der Waals surface area (Å²) < 4.78 is 16.5. The first-order valence-electron chi connectivity index (χ1n) is 11.1. The zero-order chi connectivity index (χ0) is 22.2. The first-order chi connectivity index (χ1) is 15.5. The molecule has 1 amide bonds. The van der Waals surface area contributed by atoms with Crippen molar-refractivity contribution in [1.82, 2.24) is 19.8 Å². The molecule has 2 aromatic carbocycles. The van der Waals surface area contributed by atoms with Crippen LogP contribution in [0.1, 0.15) is 43.4 Å². The number of amides is 1. The first-order valence-corrected chi connectivity index (χ1v) is 11.5. The second-order valence-corrected chi connectivity index (χ2v) is 9.05. The van der Waals surface area contributed by atoms with Gasteiger partial charge in [0.05, 0.1) is 29.4 Å². The van der Waals surface area contributed by atoms with Crippen molar-refractivity contribution in [2.75, 3.05) is 19.6 Å². The molecule has 0 spiro atoms. The van der Waals surface area contributed by atoms with Crippen LogP contribution in [-0.2, 0) is 4.79 Å². The smallest absolute Gasteiger partial charge is 0.239 e. The lowest BCUT2D eigenvalue weighted by Crippen LogP contribution is -2.45. The summed E-state index contributed by atoms with van der Waals surface area (Å²) in [6.07, 6.45) is 6.73. The summed E-state index contributed by atoms with van der Waals surface area (Å²) in [5.74, 6) is -0.107. The van der Waals surface area contributed by atoms with Crippen LogP contribution in [0.2, 0.25) is 5.02 Å². The third-order valence-electron chi connectivity index (χ3n) is 6.65. The van der Waals surface area contributed by atoms with E-state index in [9.17, 15) is 9.18 Å². The fourth-order valence-electron chi connectivity index (χ4n) is 4.77. The highest BCUT2D eigenvalue weighted by atomic mass is 35.5. The maximum absolute atomic E-state index is 14.5. The van der Waals surface area contributed by atoms with Crippen LogP contribution in [0.3, 0.4) is 0 Å². The fraction of sp³-hybridized carbons (Fsp3) is 0.360. The third-order valence-corrected chi connectivity index (χ3v) is 6.89. The Morgan fingerprint density at radius 2 is 2.16 bits per heavy atom. The van der Waals surface area contributed by atoms with E-state index in [0.717, 1.165) is 48.9 Å². The highest BCUT2D eigenvalue weighted by Gasteiger charge is 2.28. The van der Waals surface area contributed by atoms with Gasteiger partial charge in [0.2, 0.25) is 5.91 Å². The average Bonchev–Trinajstić information content (AvgIpc) is 3.48.